The van der Waals surface area contributed by atoms with Gasteiger partial charge in [0, 0.05) is 12.1 Å². The number of halogens is 3. The second-order valence-corrected chi connectivity index (χ2v) is 2.12. The maximum absolute atomic E-state index is 12.6. The summed E-state index contributed by atoms with van der Waals surface area (Å²) in [6, 6.07) is 0.592. The molecular weight excluding hydrogens is 189 g/mol. The van der Waals surface area contributed by atoms with Crippen LogP contribution < -0.4 is 5.43 Å². The van der Waals surface area contributed by atoms with E-state index >= 15 is 0 Å². The van der Waals surface area contributed by atoms with Crippen LogP contribution in [0.25, 0.3) is 0 Å². The number of anilines is 1. The number of nitrogens with zero attached hydrogens (tertiary/aromatic N) is 1. The molecule has 0 saturated heterocycles. The molecule has 0 unspecified atom stereocenters. The lowest BCUT2D eigenvalue weighted by molar-refractivity contribution is -0.445. The van der Waals surface area contributed by atoms with Crippen molar-refractivity contribution in [2.24, 2.45) is 0 Å². The summed E-state index contributed by atoms with van der Waals surface area (Å²) >= 11 is 0. The van der Waals surface area contributed by atoms with Gasteiger partial charge in [-0.3, -0.25) is 0 Å². The van der Waals surface area contributed by atoms with Crippen molar-refractivity contribution in [3.63, 3.8) is 0 Å². The van der Waals surface area contributed by atoms with Crippen LogP contribution in [-0.4, -0.2) is 5.03 Å². The summed E-state index contributed by atoms with van der Waals surface area (Å²) in [5.41, 5.74) is 0.663. The predicted molar refractivity (Wildman–Crippen MR) is 36.9 cm³/mol. The SMILES string of the molecule is O=[N+]([O-])Nc1cc(F)c(F)cc1F. The van der Waals surface area contributed by atoms with Gasteiger partial charge in [-0.15, -0.1) is 5.43 Å². The number of hydrogen-bond acceptors (Lipinski definition) is 2. The first-order valence-corrected chi connectivity index (χ1v) is 3.06. The maximum atomic E-state index is 12.6. The Balaban J connectivity index is 3.08. The molecule has 0 aliphatic rings. The Morgan fingerprint density at radius 2 is 1.69 bits per heavy atom. The van der Waals surface area contributed by atoms with Gasteiger partial charge in [0.15, 0.2) is 22.5 Å². The normalized spacial score (nSPS) is 9.77. The monoisotopic (exact) mass is 192 g/mol. The summed E-state index contributed by atoms with van der Waals surface area (Å²) in [6.07, 6.45) is 0. The molecule has 0 aliphatic heterocycles. The molecule has 0 amide bonds. The molecule has 1 N–H and O–H groups in total. The fraction of sp³-hybridized carbons (Fsp3) is 0. The largest absolute Gasteiger partial charge is 0.235 e. The molecule has 13 heavy (non-hydrogen) atoms. The third-order valence-electron chi connectivity index (χ3n) is 1.22. The highest BCUT2D eigenvalue weighted by atomic mass is 19.2. The Kier molecular flexibility index (Phi) is 2.36. The lowest BCUT2D eigenvalue weighted by Gasteiger charge is -1.99. The molecule has 1 aromatic rings. The zero-order valence-electron chi connectivity index (χ0n) is 6.05. The molecule has 0 saturated carbocycles. The minimum Gasteiger partial charge on any atom is -0.235 e. The lowest BCUT2D eigenvalue weighted by atomic mass is 10.3. The van der Waals surface area contributed by atoms with Crippen LogP contribution in [0.3, 0.4) is 0 Å². The van der Waals surface area contributed by atoms with Crippen LogP contribution in [0.5, 0.6) is 0 Å². The first kappa shape index (κ1) is 9.30. The van der Waals surface area contributed by atoms with Crippen LogP contribution in [0.15, 0.2) is 12.1 Å². The molecule has 0 atom stereocenters. The van der Waals surface area contributed by atoms with Gasteiger partial charge in [-0.25, -0.2) is 23.3 Å². The maximum Gasteiger partial charge on any atom is 0.162 e. The van der Waals surface area contributed by atoms with Gasteiger partial charge in [0.2, 0.25) is 0 Å². The minimum absolute atomic E-state index is 0.223. The molecular formula is C6H3F3N2O2. The van der Waals surface area contributed by atoms with Crippen LogP contribution in [0.1, 0.15) is 0 Å². The summed E-state index contributed by atoms with van der Waals surface area (Å²) < 4.78 is 37.3. The smallest absolute Gasteiger partial charge is 0.162 e. The fourth-order valence-corrected chi connectivity index (χ4v) is 0.707. The third kappa shape index (κ3) is 2.08. The number of nitrogens with one attached hydrogen (secondary N) is 1. The molecule has 4 nitrogen and oxygen atoms in total. The highest BCUT2D eigenvalue weighted by Gasteiger charge is 2.12. The van der Waals surface area contributed by atoms with Crippen LogP contribution in [0.2, 0.25) is 0 Å². The van der Waals surface area contributed by atoms with Crippen molar-refractivity contribution in [2.75, 3.05) is 5.43 Å². The second kappa shape index (κ2) is 3.30. The van der Waals surface area contributed by atoms with E-state index in [9.17, 15) is 23.3 Å². The van der Waals surface area contributed by atoms with E-state index in [0.29, 0.717) is 6.07 Å². The van der Waals surface area contributed by atoms with Crippen molar-refractivity contribution in [3.05, 3.63) is 39.7 Å². The molecule has 0 fully saturated rings. The fourth-order valence-electron chi connectivity index (χ4n) is 0.707. The van der Waals surface area contributed by atoms with Crippen molar-refractivity contribution in [1.29, 1.82) is 0 Å². The number of nitro groups is 1. The molecule has 1 aromatic carbocycles. The number of hydrazine groups is 1. The molecule has 7 heteroatoms. The number of rotatable bonds is 2. The van der Waals surface area contributed by atoms with Gasteiger partial charge in [0.05, 0.1) is 0 Å². The topological polar surface area (TPSA) is 55.2 Å². The molecule has 0 aromatic heterocycles. The molecule has 0 radical (unpaired) electrons. The Morgan fingerprint density at radius 1 is 1.15 bits per heavy atom. The van der Waals surface area contributed by atoms with Crippen LogP contribution in [-0.2, 0) is 0 Å². The Bertz CT molecular complexity index is 356. The van der Waals surface area contributed by atoms with Gasteiger partial charge in [0.25, 0.3) is 0 Å². The minimum atomic E-state index is -1.40. The van der Waals surface area contributed by atoms with Crippen LogP contribution in [0.4, 0.5) is 18.9 Å². The van der Waals surface area contributed by atoms with E-state index in [2.05, 4.69) is 0 Å². The first-order chi connectivity index (χ1) is 6.00. The van der Waals surface area contributed by atoms with Gasteiger partial charge >= 0.3 is 0 Å². The zero-order chi connectivity index (χ0) is 10.0. The van der Waals surface area contributed by atoms with Gasteiger partial charge in [-0.2, -0.15) is 0 Å². The predicted octanol–water partition coefficient (Wildman–Crippen LogP) is 1.71. The van der Waals surface area contributed by atoms with Gasteiger partial charge in [-0.05, 0) is 0 Å². The summed E-state index contributed by atoms with van der Waals surface area (Å²) in [4.78, 5) is 9.83. The van der Waals surface area contributed by atoms with Gasteiger partial charge in [-0.1, -0.05) is 0 Å². The van der Waals surface area contributed by atoms with Crippen molar-refractivity contribution in [1.82, 2.24) is 0 Å². The molecule has 0 bridgehead atoms. The number of benzene rings is 1. The van der Waals surface area contributed by atoms with Crippen LogP contribution in [0, 0.1) is 27.6 Å². The average Bonchev–Trinajstić information content (AvgIpc) is 1.99. The summed E-state index contributed by atoms with van der Waals surface area (Å²) in [7, 11) is 0. The van der Waals surface area contributed by atoms with E-state index in [4.69, 9.17) is 0 Å². The van der Waals surface area contributed by atoms with E-state index in [1.807, 2.05) is 0 Å². The molecule has 0 heterocycles. The number of hydrogen-bond donors (Lipinski definition) is 1. The van der Waals surface area contributed by atoms with E-state index in [-0.39, 0.29) is 6.07 Å². The summed E-state index contributed by atoms with van der Waals surface area (Å²) in [5, 5.41) is 8.76. The molecule has 1 rings (SSSR count). The third-order valence-corrected chi connectivity index (χ3v) is 1.22. The summed E-state index contributed by atoms with van der Waals surface area (Å²) in [6.45, 7) is 0. The Labute approximate surface area is 70.1 Å². The standard InChI is InChI=1S/C6H3F3N2O2/c7-3-1-5(9)6(2-4(3)8)10-11(12)13/h1-2,10H. The Hall–Kier alpha value is -1.79. The van der Waals surface area contributed by atoms with Crippen molar-refractivity contribution < 1.29 is 18.2 Å². The van der Waals surface area contributed by atoms with Gasteiger partial charge in [0.1, 0.15) is 5.69 Å². The highest BCUT2D eigenvalue weighted by molar-refractivity contribution is 5.42. The lowest BCUT2D eigenvalue weighted by Crippen LogP contribution is -2.10. The Morgan fingerprint density at radius 3 is 2.23 bits per heavy atom. The van der Waals surface area contributed by atoms with E-state index in [1.54, 1.807) is 0 Å². The quantitative estimate of drug-likeness (QED) is 0.440. The van der Waals surface area contributed by atoms with Crippen molar-refractivity contribution >= 4 is 5.69 Å². The van der Waals surface area contributed by atoms with E-state index < -0.39 is 28.2 Å². The summed E-state index contributed by atoms with van der Waals surface area (Å²) in [5.74, 6) is -3.98. The zero-order valence-corrected chi connectivity index (χ0v) is 6.05. The highest BCUT2D eigenvalue weighted by Crippen LogP contribution is 2.17. The first-order valence-electron chi connectivity index (χ1n) is 3.06. The molecule has 70 valence electrons. The van der Waals surface area contributed by atoms with E-state index in [0.717, 1.165) is 0 Å². The molecule has 0 aliphatic carbocycles. The molecule has 0 spiro atoms. The van der Waals surface area contributed by atoms with E-state index in [1.165, 1.54) is 5.43 Å². The average molecular weight is 192 g/mol. The van der Waals surface area contributed by atoms with Crippen molar-refractivity contribution in [3.8, 4) is 0 Å². The van der Waals surface area contributed by atoms with Gasteiger partial charge < -0.3 is 0 Å². The van der Waals surface area contributed by atoms with Crippen LogP contribution >= 0.6 is 0 Å². The van der Waals surface area contributed by atoms with Crippen molar-refractivity contribution in [2.45, 2.75) is 0 Å². The second-order valence-electron chi connectivity index (χ2n) is 2.12.